The Bertz CT molecular complexity index is 896. The number of amides is 1. The van der Waals surface area contributed by atoms with Crippen molar-refractivity contribution >= 4 is 28.7 Å². The average Bonchev–Trinajstić information content (AvgIpc) is 2.93. The Morgan fingerprint density at radius 2 is 1.88 bits per heavy atom. The number of aromatic nitrogens is 2. The van der Waals surface area contributed by atoms with Crippen LogP contribution in [0.3, 0.4) is 0 Å². The van der Waals surface area contributed by atoms with Crippen molar-refractivity contribution in [1.82, 2.24) is 14.9 Å². The third-order valence-electron chi connectivity index (χ3n) is 3.76. The van der Waals surface area contributed by atoms with Gasteiger partial charge in [0.1, 0.15) is 12.4 Å². The number of imidazole rings is 1. The maximum atomic E-state index is 12.9. The first-order valence-electron chi connectivity index (χ1n) is 7.94. The fourth-order valence-electron chi connectivity index (χ4n) is 2.57. The third kappa shape index (κ3) is 4.57. The SMILES string of the molecule is O=C(Cn1c(SC(F)F)nc2ccccc21)NCCc1ccc(F)cc1. The molecule has 0 unspecified atom stereocenters. The van der Waals surface area contributed by atoms with Gasteiger partial charge in [-0.15, -0.1) is 0 Å². The molecule has 0 bridgehead atoms. The first-order valence-corrected chi connectivity index (χ1v) is 8.82. The molecule has 0 fully saturated rings. The number of hydrogen-bond donors (Lipinski definition) is 1. The Kier molecular flexibility index (Phi) is 5.82. The number of benzene rings is 2. The van der Waals surface area contributed by atoms with Crippen LogP contribution in [-0.2, 0) is 17.8 Å². The van der Waals surface area contributed by atoms with Crippen LogP contribution in [-0.4, -0.2) is 27.8 Å². The van der Waals surface area contributed by atoms with Crippen LogP contribution in [0, 0.1) is 5.82 Å². The number of alkyl halides is 2. The molecule has 1 heterocycles. The van der Waals surface area contributed by atoms with E-state index in [0.717, 1.165) is 5.56 Å². The number of carbonyl (C=O) groups excluding carboxylic acids is 1. The lowest BCUT2D eigenvalue weighted by atomic mass is 10.1. The minimum absolute atomic E-state index is 0.0982. The summed E-state index contributed by atoms with van der Waals surface area (Å²) in [4.78, 5) is 16.4. The summed E-state index contributed by atoms with van der Waals surface area (Å²) in [6.45, 7) is 0.271. The van der Waals surface area contributed by atoms with Gasteiger partial charge < -0.3 is 9.88 Å². The molecule has 4 nitrogen and oxygen atoms in total. The van der Waals surface area contributed by atoms with Gasteiger partial charge in [-0.1, -0.05) is 24.3 Å². The first kappa shape index (κ1) is 18.3. The van der Waals surface area contributed by atoms with Crippen molar-refractivity contribution in [2.75, 3.05) is 6.54 Å². The molecule has 0 saturated carbocycles. The molecule has 1 aromatic heterocycles. The Labute approximate surface area is 152 Å². The monoisotopic (exact) mass is 379 g/mol. The van der Waals surface area contributed by atoms with Crippen LogP contribution in [0.25, 0.3) is 11.0 Å². The van der Waals surface area contributed by atoms with E-state index in [-0.39, 0.29) is 23.4 Å². The van der Waals surface area contributed by atoms with Crippen LogP contribution in [0.2, 0.25) is 0 Å². The number of rotatable bonds is 7. The number of thioether (sulfide) groups is 1. The predicted octanol–water partition coefficient (Wildman–Crippen LogP) is 3.85. The van der Waals surface area contributed by atoms with E-state index in [9.17, 15) is 18.0 Å². The molecule has 0 saturated heterocycles. The number of nitrogens with zero attached hydrogens (tertiary/aromatic N) is 2. The highest BCUT2D eigenvalue weighted by Crippen LogP contribution is 2.28. The molecular weight excluding hydrogens is 363 g/mol. The van der Waals surface area contributed by atoms with Gasteiger partial charge in [-0.3, -0.25) is 4.79 Å². The summed E-state index contributed by atoms with van der Waals surface area (Å²) < 4.78 is 39.9. The largest absolute Gasteiger partial charge is 0.354 e. The normalized spacial score (nSPS) is 11.2. The summed E-state index contributed by atoms with van der Waals surface area (Å²) in [5.41, 5.74) is 2.09. The summed E-state index contributed by atoms with van der Waals surface area (Å²) in [6.07, 6.45) is 0.551. The highest BCUT2D eigenvalue weighted by Gasteiger charge is 2.17. The van der Waals surface area contributed by atoms with Gasteiger partial charge in [0.05, 0.1) is 11.0 Å². The van der Waals surface area contributed by atoms with Gasteiger partial charge in [0.25, 0.3) is 5.76 Å². The number of nitrogens with one attached hydrogen (secondary N) is 1. The van der Waals surface area contributed by atoms with Crippen molar-refractivity contribution < 1.29 is 18.0 Å². The third-order valence-corrected chi connectivity index (χ3v) is 4.47. The Morgan fingerprint density at radius 3 is 2.62 bits per heavy atom. The van der Waals surface area contributed by atoms with Gasteiger partial charge in [-0.25, -0.2) is 9.37 Å². The van der Waals surface area contributed by atoms with Crippen LogP contribution in [0.5, 0.6) is 0 Å². The fraction of sp³-hybridized carbons (Fsp3) is 0.222. The van der Waals surface area contributed by atoms with Crippen LogP contribution in [0.1, 0.15) is 5.56 Å². The maximum Gasteiger partial charge on any atom is 0.291 e. The van der Waals surface area contributed by atoms with E-state index in [4.69, 9.17) is 0 Å². The molecular formula is C18H16F3N3OS. The van der Waals surface area contributed by atoms with E-state index in [1.807, 2.05) is 0 Å². The minimum atomic E-state index is -2.62. The molecule has 2 aromatic carbocycles. The molecule has 1 amide bonds. The molecule has 26 heavy (non-hydrogen) atoms. The smallest absolute Gasteiger partial charge is 0.291 e. The zero-order chi connectivity index (χ0) is 18.5. The van der Waals surface area contributed by atoms with Gasteiger partial charge >= 0.3 is 0 Å². The van der Waals surface area contributed by atoms with Gasteiger partial charge in [0.15, 0.2) is 5.16 Å². The lowest BCUT2D eigenvalue weighted by molar-refractivity contribution is -0.121. The van der Waals surface area contributed by atoms with E-state index in [0.29, 0.717) is 35.8 Å². The molecule has 0 radical (unpaired) electrons. The second-order valence-electron chi connectivity index (χ2n) is 5.57. The number of para-hydroxylation sites is 2. The Morgan fingerprint density at radius 1 is 1.15 bits per heavy atom. The summed E-state index contributed by atoms with van der Waals surface area (Å²) in [5.74, 6) is -3.23. The second-order valence-corrected chi connectivity index (χ2v) is 6.53. The van der Waals surface area contributed by atoms with Crippen LogP contribution in [0.4, 0.5) is 13.2 Å². The molecule has 0 aliphatic rings. The molecule has 8 heteroatoms. The highest BCUT2D eigenvalue weighted by molar-refractivity contribution is 7.99. The standard InChI is InChI=1S/C18H16F3N3OS/c19-13-7-5-12(6-8-13)9-10-22-16(25)11-24-15-4-2-1-3-14(15)23-18(24)26-17(20)21/h1-8,17H,9-11H2,(H,22,25). The molecule has 136 valence electrons. The van der Waals surface area contributed by atoms with Gasteiger partial charge in [-0.2, -0.15) is 8.78 Å². The molecule has 0 atom stereocenters. The summed E-state index contributed by atoms with van der Waals surface area (Å²) >= 11 is 0.318. The van der Waals surface area contributed by atoms with Crippen molar-refractivity contribution in [3.05, 3.63) is 59.9 Å². The number of hydrogen-bond acceptors (Lipinski definition) is 3. The molecule has 0 aliphatic heterocycles. The van der Waals surface area contributed by atoms with Crippen molar-refractivity contribution in [3.63, 3.8) is 0 Å². The van der Waals surface area contributed by atoms with E-state index < -0.39 is 5.76 Å². The summed E-state index contributed by atoms with van der Waals surface area (Å²) in [6, 6.07) is 13.0. The maximum absolute atomic E-state index is 12.9. The van der Waals surface area contributed by atoms with Crippen molar-refractivity contribution in [2.24, 2.45) is 0 Å². The summed E-state index contributed by atoms with van der Waals surface area (Å²) in [7, 11) is 0. The Hall–Kier alpha value is -2.48. The van der Waals surface area contributed by atoms with Crippen LogP contribution in [0.15, 0.2) is 53.7 Å². The number of carbonyl (C=O) groups is 1. The zero-order valence-electron chi connectivity index (χ0n) is 13.7. The van der Waals surface area contributed by atoms with Crippen LogP contribution < -0.4 is 5.32 Å². The topological polar surface area (TPSA) is 46.9 Å². The Balaban J connectivity index is 1.65. The lowest BCUT2D eigenvalue weighted by Crippen LogP contribution is -2.29. The van der Waals surface area contributed by atoms with E-state index in [2.05, 4.69) is 10.3 Å². The quantitative estimate of drug-likeness (QED) is 0.635. The molecule has 3 rings (SSSR count). The fourth-order valence-corrected chi connectivity index (χ4v) is 3.17. The minimum Gasteiger partial charge on any atom is -0.354 e. The van der Waals surface area contributed by atoms with E-state index >= 15 is 0 Å². The van der Waals surface area contributed by atoms with Gasteiger partial charge in [0.2, 0.25) is 5.91 Å². The highest BCUT2D eigenvalue weighted by atomic mass is 32.2. The first-order chi connectivity index (χ1) is 12.5. The number of fused-ring (bicyclic) bond motifs is 1. The molecule has 0 aliphatic carbocycles. The zero-order valence-corrected chi connectivity index (χ0v) is 14.5. The molecule has 1 N–H and O–H groups in total. The number of halogens is 3. The van der Waals surface area contributed by atoms with E-state index in [1.165, 1.54) is 16.7 Å². The van der Waals surface area contributed by atoms with Crippen molar-refractivity contribution in [2.45, 2.75) is 23.9 Å². The lowest BCUT2D eigenvalue weighted by Gasteiger charge is -2.09. The predicted molar refractivity (Wildman–Crippen MR) is 94.7 cm³/mol. The average molecular weight is 379 g/mol. The second kappa shape index (κ2) is 8.27. The molecule has 3 aromatic rings. The van der Waals surface area contributed by atoms with Crippen molar-refractivity contribution in [1.29, 1.82) is 0 Å². The van der Waals surface area contributed by atoms with E-state index in [1.54, 1.807) is 36.4 Å². The van der Waals surface area contributed by atoms with Crippen molar-refractivity contribution in [3.8, 4) is 0 Å². The van der Waals surface area contributed by atoms with Gasteiger partial charge in [-0.05, 0) is 48.0 Å². The summed E-state index contributed by atoms with van der Waals surface area (Å²) in [5, 5.41) is 2.86. The molecule has 0 spiro atoms. The van der Waals surface area contributed by atoms with Crippen LogP contribution >= 0.6 is 11.8 Å². The van der Waals surface area contributed by atoms with Gasteiger partial charge in [0, 0.05) is 6.54 Å².